The number of nitrogens with zero attached hydrogens (tertiary/aromatic N) is 4. The third kappa shape index (κ3) is 3.99. The number of aromatic nitrogens is 4. The second-order valence-corrected chi connectivity index (χ2v) is 5.88. The van der Waals surface area contributed by atoms with Gasteiger partial charge in [0, 0.05) is 12.6 Å². The fourth-order valence-corrected chi connectivity index (χ4v) is 1.81. The highest BCUT2D eigenvalue weighted by Crippen LogP contribution is 2.20. The number of hydrogen-bond acceptors (Lipinski definition) is 5. The number of hydrogen-bond donors (Lipinski definition) is 1. The molecule has 0 saturated heterocycles. The zero-order chi connectivity index (χ0) is 13.1. The van der Waals surface area contributed by atoms with Crippen molar-refractivity contribution in [3.05, 3.63) is 0 Å². The van der Waals surface area contributed by atoms with E-state index in [0.29, 0.717) is 5.16 Å². The summed E-state index contributed by atoms with van der Waals surface area (Å²) in [5.74, 6) is 0.00449. The van der Waals surface area contributed by atoms with Gasteiger partial charge < -0.3 is 5.32 Å². The molecule has 1 N–H and O–H groups in total. The third-order valence-corrected chi connectivity index (χ3v) is 3.70. The highest BCUT2D eigenvalue weighted by molar-refractivity contribution is 8.00. The third-order valence-electron chi connectivity index (χ3n) is 2.58. The maximum atomic E-state index is 11.9. The lowest BCUT2D eigenvalue weighted by atomic mass is 10.0. The SMILES string of the molecule is CCC(C)(C)NC(=O)C(C)Sc1nnnn1C. The number of amides is 1. The number of rotatable bonds is 5. The van der Waals surface area contributed by atoms with Crippen molar-refractivity contribution in [1.29, 1.82) is 0 Å². The zero-order valence-electron chi connectivity index (χ0n) is 10.9. The van der Waals surface area contributed by atoms with Crippen molar-refractivity contribution in [1.82, 2.24) is 25.5 Å². The van der Waals surface area contributed by atoms with Gasteiger partial charge in [-0.1, -0.05) is 18.7 Å². The first-order valence-corrected chi connectivity index (χ1v) is 6.44. The molecule has 1 amide bonds. The van der Waals surface area contributed by atoms with Gasteiger partial charge in [-0.3, -0.25) is 4.79 Å². The van der Waals surface area contributed by atoms with E-state index in [0.717, 1.165) is 6.42 Å². The summed E-state index contributed by atoms with van der Waals surface area (Å²) in [6, 6.07) is 0. The van der Waals surface area contributed by atoms with Gasteiger partial charge in [0.1, 0.15) is 0 Å². The number of thioether (sulfide) groups is 1. The van der Waals surface area contributed by atoms with Crippen LogP contribution in [0.3, 0.4) is 0 Å². The normalized spacial score (nSPS) is 13.5. The molecule has 96 valence electrons. The molecule has 1 atom stereocenters. The minimum absolute atomic E-state index is 0.00449. The van der Waals surface area contributed by atoms with E-state index >= 15 is 0 Å². The van der Waals surface area contributed by atoms with Crippen molar-refractivity contribution in [2.45, 2.75) is 50.1 Å². The van der Waals surface area contributed by atoms with Gasteiger partial charge in [-0.05, 0) is 37.6 Å². The van der Waals surface area contributed by atoms with Crippen LogP contribution in [-0.2, 0) is 11.8 Å². The smallest absolute Gasteiger partial charge is 0.233 e. The van der Waals surface area contributed by atoms with E-state index in [1.165, 1.54) is 11.8 Å². The zero-order valence-corrected chi connectivity index (χ0v) is 11.7. The first kappa shape index (κ1) is 14.0. The predicted molar refractivity (Wildman–Crippen MR) is 66.6 cm³/mol. The fourth-order valence-electron chi connectivity index (χ4n) is 1.06. The van der Waals surface area contributed by atoms with E-state index in [1.54, 1.807) is 11.7 Å². The molecule has 0 aliphatic rings. The van der Waals surface area contributed by atoms with E-state index in [2.05, 4.69) is 20.8 Å². The number of tetrazole rings is 1. The number of aryl methyl sites for hydroxylation is 1. The number of carbonyl (C=O) groups excluding carboxylic acids is 1. The molecule has 17 heavy (non-hydrogen) atoms. The molecule has 0 radical (unpaired) electrons. The maximum Gasteiger partial charge on any atom is 0.233 e. The first-order valence-electron chi connectivity index (χ1n) is 5.57. The molecule has 0 fully saturated rings. The van der Waals surface area contributed by atoms with Crippen LogP contribution in [0.15, 0.2) is 5.16 Å². The van der Waals surface area contributed by atoms with E-state index < -0.39 is 0 Å². The topological polar surface area (TPSA) is 72.7 Å². The van der Waals surface area contributed by atoms with Crippen LogP contribution in [0, 0.1) is 0 Å². The molecule has 0 aliphatic carbocycles. The second-order valence-electron chi connectivity index (χ2n) is 4.57. The van der Waals surface area contributed by atoms with Crippen molar-refractivity contribution in [3.63, 3.8) is 0 Å². The molecule has 1 aromatic heterocycles. The molecule has 0 aliphatic heterocycles. The largest absolute Gasteiger partial charge is 0.350 e. The van der Waals surface area contributed by atoms with Gasteiger partial charge in [-0.25, -0.2) is 4.68 Å². The Kier molecular flexibility index (Phi) is 4.50. The molecular weight excluding hydrogens is 238 g/mol. The summed E-state index contributed by atoms with van der Waals surface area (Å²) < 4.78 is 1.55. The van der Waals surface area contributed by atoms with Crippen molar-refractivity contribution in [2.75, 3.05) is 0 Å². The molecule has 1 rings (SSSR count). The van der Waals surface area contributed by atoms with Gasteiger partial charge in [0.2, 0.25) is 11.1 Å². The molecular formula is C10H19N5OS. The summed E-state index contributed by atoms with van der Waals surface area (Å²) in [5.41, 5.74) is -0.177. The van der Waals surface area contributed by atoms with Crippen LogP contribution < -0.4 is 5.32 Å². The minimum Gasteiger partial charge on any atom is -0.350 e. The molecule has 0 bridgehead atoms. The van der Waals surface area contributed by atoms with Crippen LogP contribution in [-0.4, -0.2) is 36.9 Å². The van der Waals surface area contributed by atoms with E-state index in [-0.39, 0.29) is 16.7 Å². The molecule has 1 heterocycles. The summed E-state index contributed by atoms with van der Waals surface area (Å²) in [7, 11) is 1.75. The van der Waals surface area contributed by atoms with Crippen LogP contribution in [0.4, 0.5) is 0 Å². The molecule has 0 spiro atoms. The Labute approximate surface area is 106 Å². The lowest BCUT2D eigenvalue weighted by Crippen LogP contribution is -2.46. The summed E-state index contributed by atoms with van der Waals surface area (Å²) in [5, 5.41) is 14.5. The van der Waals surface area contributed by atoms with Gasteiger partial charge in [-0.15, -0.1) is 5.10 Å². The average molecular weight is 257 g/mol. The van der Waals surface area contributed by atoms with Gasteiger partial charge >= 0.3 is 0 Å². The van der Waals surface area contributed by atoms with Crippen LogP contribution in [0.5, 0.6) is 0 Å². The predicted octanol–water partition coefficient (Wildman–Crippen LogP) is 0.995. The van der Waals surface area contributed by atoms with Gasteiger partial charge in [-0.2, -0.15) is 0 Å². The summed E-state index contributed by atoms with van der Waals surface area (Å²) in [6.07, 6.45) is 0.891. The van der Waals surface area contributed by atoms with Gasteiger partial charge in [0.05, 0.1) is 5.25 Å². The second kappa shape index (κ2) is 5.48. The maximum absolute atomic E-state index is 11.9. The molecule has 1 unspecified atom stereocenters. The lowest BCUT2D eigenvalue weighted by molar-refractivity contribution is -0.121. The van der Waals surface area contributed by atoms with E-state index in [9.17, 15) is 4.79 Å². The molecule has 6 nitrogen and oxygen atoms in total. The quantitative estimate of drug-likeness (QED) is 0.797. The van der Waals surface area contributed by atoms with E-state index in [1.807, 2.05) is 27.7 Å². The summed E-state index contributed by atoms with van der Waals surface area (Å²) in [4.78, 5) is 11.9. The van der Waals surface area contributed by atoms with Crippen molar-refractivity contribution in [3.8, 4) is 0 Å². The highest BCUT2D eigenvalue weighted by atomic mass is 32.2. The van der Waals surface area contributed by atoms with Gasteiger partial charge in [0.25, 0.3) is 0 Å². The Balaban J connectivity index is 2.56. The lowest BCUT2D eigenvalue weighted by Gasteiger charge is -2.26. The van der Waals surface area contributed by atoms with Crippen LogP contribution >= 0.6 is 11.8 Å². The molecule has 7 heteroatoms. The molecule has 0 saturated carbocycles. The van der Waals surface area contributed by atoms with Crippen LogP contribution in [0.1, 0.15) is 34.1 Å². The summed E-state index contributed by atoms with van der Waals surface area (Å²) >= 11 is 1.35. The molecule has 1 aromatic rings. The molecule has 0 aromatic carbocycles. The monoisotopic (exact) mass is 257 g/mol. The first-order chi connectivity index (χ1) is 7.85. The van der Waals surface area contributed by atoms with Crippen LogP contribution in [0.25, 0.3) is 0 Å². The van der Waals surface area contributed by atoms with Gasteiger partial charge in [0.15, 0.2) is 0 Å². The van der Waals surface area contributed by atoms with E-state index in [4.69, 9.17) is 0 Å². The highest BCUT2D eigenvalue weighted by Gasteiger charge is 2.23. The van der Waals surface area contributed by atoms with Crippen LogP contribution in [0.2, 0.25) is 0 Å². The Morgan fingerprint density at radius 1 is 1.59 bits per heavy atom. The van der Waals surface area contributed by atoms with Crippen molar-refractivity contribution in [2.24, 2.45) is 7.05 Å². The Morgan fingerprint density at radius 3 is 2.71 bits per heavy atom. The average Bonchev–Trinajstić information content (AvgIpc) is 2.64. The minimum atomic E-state index is -0.217. The van der Waals surface area contributed by atoms with Crippen molar-refractivity contribution >= 4 is 17.7 Å². The van der Waals surface area contributed by atoms with Crippen molar-refractivity contribution < 1.29 is 4.79 Å². The fraction of sp³-hybridized carbons (Fsp3) is 0.800. The Hall–Kier alpha value is -1.11. The Bertz CT molecular complexity index is 390. The number of carbonyl (C=O) groups is 1. The Morgan fingerprint density at radius 2 is 2.24 bits per heavy atom. The summed E-state index contributed by atoms with van der Waals surface area (Å²) in [6.45, 7) is 7.91. The standard InChI is InChI=1S/C10H19N5OS/c1-6-10(3,4)11-8(16)7(2)17-9-12-13-14-15(9)5/h7H,6H2,1-5H3,(H,11,16). The number of nitrogens with one attached hydrogen (secondary N) is 1.